The molecule has 1 aliphatic heterocycles. The zero-order valence-corrected chi connectivity index (χ0v) is 20.7. The second-order valence-corrected chi connectivity index (χ2v) is 8.75. The van der Waals surface area contributed by atoms with Crippen molar-refractivity contribution in [3.8, 4) is 5.75 Å². The lowest BCUT2D eigenvalue weighted by molar-refractivity contribution is 0.0398. The zero-order chi connectivity index (χ0) is 24.2. The summed E-state index contributed by atoms with van der Waals surface area (Å²) in [5.74, 6) is 2.03. The summed E-state index contributed by atoms with van der Waals surface area (Å²) in [7, 11) is 1.60. The van der Waals surface area contributed by atoms with E-state index in [1.165, 1.54) is 0 Å². The van der Waals surface area contributed by atoms with Gasteiger partial charge in [0.25, 0.3) is 0 Å². The molecule has 1 saturated heterocycles. The highest BCUT2D eigenvalue weighted by Crippen LogP contribution is 2.32. The first kappa shape index (κ1) is 23.5. The number of nitrogens with one attached hydrogen (secondary N) is 2. The highest BCUT2D eigenvalue weighted by atomic mass is 35.5. The van der Waals surface area contributed by atoms with Gasteiger partial charge in [0.15, 0.2) is 17.3 Å². The summed E-state index contributed by atoms with van der Waals surface area (Å²) < 4.78 is 12.6. The molecule has 2 N–H and O–H groups in total. The van der Waals surface area contributed by atoms with Gasteiger partial charge in [-0.1, -0.05) is 17.7 Å². The number of morpholine rings is 1. The van der Waals surface area contributed by atoms with Crippen LogP contribution in [0.4, 0.5) is 11.6 Å². The fraction of sp³-hybridized carbons (Fsp3) is 0.417. The highest BCUT2D eigenvalue weighted by Gasteiger charge is 2.17. The van der Waals surface area contributed by atoms with Gasteiger partial charge in [-0.2, -0.15) is 5.10 Å². The fourth-order valence-corrected chi connectivity index (χ4v) is 4.59. The van der Waals surface area contributed by atoms with Crippen molar-refractivity contribution in [1.82, 2.24) is 29.9 Å². The van der Waals surface area contributed by atoms with Crippen molar-refractivity contribution in [2.24, 2.45) is 0 Å². The smallest absolute Gasteiger partial charge is 0.158 e. The monoisotopic (exact) mass is 496 g/mol. The van der Waals surface area contributed by atoms with Crippen LogP contribution in [0.1, 0.15) is 12.5 Å². The van der Waals surface area contributed by atoms with E-state index in [1.807, 2.05) is 42.2 Å². The van der Waals surface area contributed by atoms with Crippen LogP contribution < -0.4 is 15.4 Å². The molecule has 0 spiro atoms. The lowest BCUT2D eigenvalue weighted by Crippen LogP contribution is -2.39. The maximum Gasteiger partial charge on any atom is 0.158 e. The van der Waals surface area contributed by atoms with Crippen LogP contribution >= 0.6 is 11.6 Å². The first-order valence-corrected chi connectivity index (χ1v) is 12.2. The number of rotatable bonds is 9. The third-order valence-corrected chi connectivity index (χ3v) is 6.50. The van der Waals surface area contributed by atoms with Crippen LogP contribution in [0.2, 0.25) is 5.02 Å². The van der Waals surface area contributed by atoms with E-state index in [2.05, 4.69) is 30.8 Å². The van der Waals surface area contributed by atoms with E-state index in [1.54, 1.807) is 7.11 Å². The number of fused-ring (bicyclic) bond motifs is 3. The number of hydrogen-bond donors (Lipinski definition) is 2. The van der Waals surface area contributed by atoms with Gasteiger partial charge in [0.2, 0.25) is 0 Å². The summed E-state index contributed by atoms with van der Waals surface area (Å²) in [5, 5.41) is 23.8. The van der Waals surface area contributed by atoms with Crippen LogP contribution in [0.15, 0.2) is 30.6 Å². The lowest BCUT2D eigenvalue weighted by atomic mass is 10.1. The van der Waals surface area contributed by atoms with Crippen LogP contribution in [0, 0.1) is 0 Å². The third-order valence-electron chi connectivity index (χ3n) is 6.21. The Bertz CT molecular complexity index is 1320. The maximum absolute atomic E-state index is 6.31. The van der Waals surface area contributed by atoms with E-state index in [9.17, 15) is 0 Å². The Morgan fingerprint density at radius 3 is 2.69 bits per heavy atom. The molecule has 3 aromatic heterocycles. The number of aromatic nitrogens is 5. The number of nitrogens with zero attached hydrogens (tertiary/aromatic N) is 6. The predicted octanol–water partition coefficient (Wildman–Crippen LogP) is 3.41. The lowest BCUT2D eigenvalue weighted by Gasteiger charge is -2.26. The minimum atomic E-state index is 0.531. The molecule has 0 radical (unpaired) electrons. The normalized spacial score (nSPS) is 14.5. The number of anilines is 2. The minimum absolute atomic E-state index is 0.531. The van der Waals surface area contributed by atoms with Gasteiger partial charge in [-0.15, -0.1) is 10.2 Å². The summed E-state index contributed by atoms with van der Waals surface area (Å²) in [6, 6.07) is 5.72. The maximum atomic E-state index is 6.31. The molecule has 0 unspecified atom stereocenters. The Labute approximate surface area is 208 Å². The standard InChI is InChI=1S/C24H29ClN8O2/c1-3-33-24-18(15-29-33)21-17(14-28-24)22(26-6-7-32-8-10-35-11-9-32)30-31-23(21)27-13-16-4-5-20(34-2)19(25)12-16/h4-5,12,14-15H,3,6-11,13H2,1-2H3,(H,26,30)(H,27,31). The van der Waals surface area contributed by atoms with Crippen molar-refractivity contribution < 1.29 is 9.47 Å². The molecule has 11 heteroatoms. The van der Waals surface area contributed by atoms with Crippen molar-refractivity contribution in [2.75, 3.05) is 57.1 Å². The predicted molar refractivity (Wildman–Crippen MR) is 137 cm³/mol. The molecule has 35 heavy (non-hydrogen) atoms. The highest BCUT2D eigenvalue weighted by molar-refractivity contribution is 6.32. The van der Waals surface area contributed by atoms with Crippen molar-refractivity contribution in [3.63, 3.8) is 0 Å². The van der Waals surface area contributed by atoms with E-state index in [0.29, 0.717) is 29.0 Å². The molecule has 0 atom stereocenters. The van der Waals surface area contributed by atoms with E-state index in [4.69, 9.17) is 26.1 Å². The van der Waals surface area contributed by atoms with Crippen LogP contribution in [0.5, 0.6) is 5.75 Å². The first-order valence-electron chi connectivity index (χ1n) is 11.8. The number of benzene rings is 1. The van der Waals surface area contributed by atoms with Crippen molar-refractivity contribution in [2.45, 2.75) is 20.0 Å². The third kappa shape index (κ3) is 4.95. The van der Waals surface area contributed by atoms with Gasteiger partial charge >= 0.3 is 0 Å². The summed E-state index contributed by atoms with van der Waals surface area (Å²) in [6.07, 6.45) is 3.70. The van der Waals surface area contributed by atoms with Gasteiger partial charge in [-0.25, -0.2) is 9.67 Å². The Hall–Kier alpha value is -3.21. The van der Waals surface area contributed by atoms with Gasteiger partial charge in [-0.3, -0.25) is 4.90 Å². The molecular formula is C24H29ClN8O2. The molecule has 0 aliphatic carbocycles. The molecular weight excluding hydrogens is 468 g/mol. The second kappa shape index (κ2) is 10.6. The van der Waals surface area contributed by atoms with E-state index in [0.717, 1.165) is 73.3 Å². The van der Waals surface area contributed by atoms with Crippen LogP contribution in [-0.2, 0) is 17.8 Å². The molecule has 1 aromatic carbocycles. The first-order chi connectivity index (χ1) is 17.2. The van der Waals surface area contributed by atoms with Crippen molar-refractivity contribution in [1.29, 1.82) is 0 Å². The average Bonchev–Trinajstić information content (AvgIpc) is 3.32. The molecule has 1 aliphatic rings. The molecule has 4 aromatic rings. The summed E-state index contributed by atoms with van der Waals surface area (Å²) in [6.45, 7) is 8.45. The largest absolute Gasteiger partial charge is 0.495 e. The van der Waals surface area contributed by atoms with Gasteiger partial charge in [0.05, 0.1) is 36.9 Å². The molecule has 5 rings (SSSR count). The van der Waals surface area contributed by atoms with Gasteiger partial charge in [0.1, 0.15) is 5.75 Å². The Morgan fingerprint density at radius 2 is 1.91 bits per heavy atom. The van der Waals surface area contributed by atoms with Gasteiger partial charge in [-0.05, 0) is 24.6 Å². The minimum Gasteiger partial charge on any atom is -0.495 e. The molecule has 0 amide bonds. The molecule has 1 fully saturated rings. The molecule has 0 saturated carbocycles. The summed E-state index contributed by atoms with van der Waals surface area (Å²) in [5.41, 5.74) is 1.83. The number of hydrogen-bond acceptors (Lipinski definition) is 9. The Morgan fingerprint density at radius 1 is 1.09 bits per heavy atom. The van der Waals surface area contributed by atoms with Crippen molar-refractivity contribution >= 4 is 45.0 Å². The fourth-order valence-electron chi connectivity index (χ4n) is 4.31. The number of methoxy groups -OCH3 is 1. The quantitative estimate of drug-likeness (QED) is 0.361. The van der Waals surface area contributed by atoms with Crippen LogP contribution in [0.25, 0.3) is 21.8 Å². The summed E-state index contributed by atoms with van der Waals surface area (Å²) >= 11 is 6.31. The number of halogens is 1. The number of aryl methyl sites for hydroxylation is 1. The molecule has 0 bridgehead atoms. The van der Waals surface area contributed by atoms with E-state index < -0.39 is 0 Å². The van der Waals surface area contributed by atoms with Gasteiger partial charge < -0.3 is 20.1 Å². The van der Waals surface area contributed by atoms with Crippen LogP contribution in [-0.4, -0.2) is 76.4 Å². The van der Waals surface area contributed by atoms with Crippen LogP contribution in [0.3, 0.4) is 0 Å². The zero-order valence-electron chi connectivity index (χ0n) is 19.9. The number of ether oxygens (including phenoxy) is 2. The average molecular weight is 497 g/mol. The molecule has 4 heterocycles. The van der Waals surface area contributed by atoms with Gasteiger partial charge in [0, 0.05) is 56.2 Å². The topological polar surface area (TPSA) is 102 Å². The Balaban J connectivity index is 1.44. The Kier molecular flexibility index (Phi) is 7.12. The molecule has 10 nitrogen and oxygen atoms in total. The second-order valence-electron chi connectivity index (χ2n) is 8.34. The van der Waals surface area contributed by atoms with Crippen molar-refractivity contribution in [3.05, 3.63) is 41.2 Å². The molecule has 184 valence electrons. The SMILES string of the molecule is CCn1ncc2c3c(NCc4ccc(OC)c(Cl)c4)nnc(NCCN4CCOCC4)c3cnc21. The van der Waals surface area contributed by atoms with E-state index in [-0.39, 0.29) is 0 Å². The number of pyridine rings is 1. The van der Waals surface area contributed by atoms with E-state index >= 15 is 0 Å². The summed E-state index contributed by atoms with van der Waals surface area (Å²) in [4.78, 5) is 7.07.